The summed E-state index contributed by atoms with van der Waals surface area (Å²) in [7, 11) is 0. The van der Waals surface area contributed by atoms with Crippen LogP contribution in [0.25, 0.3) is 11.1 Å². The maximum atomic E-state index is 13.0. The van der Waals surface area contributed by atoms with Crippen LogP contribution in [0.15, 0.2) is 65.6 Å². The summed E-state index contributed by atoms with van der Waals surface area (Å²) in [5.74, 6) is -0.628. The standard InChI is InChI=1S/C31H36N4O6/c1-19-16-26(27(36)33-17-19)34-28(37)25(35-30(39)41-31(2,3)4)14-9-15-32-29(38)40-18-24-22-12-7-5-10-20(22)21-11-6-8-13-23(21)24/h5-8,10-13,16-17,24-25H,9,14-15,18H2,1-4H3,(H,32,38)(H,33,36)(H,34,37)(H,35,39)/t25-/m0/s1. The van der Waals surface area contributed by atoms with Crippen molar-refractivity contribution in [3.05, 3.63) is 87.8 Å². The van der Waals surface area contributed by atoms with Crippen molar-refractivity contribution in [1.82, 2.24) is 15.6 Å². The monoisotopic (exact) mass is 560 g/mol. The number of fused-ring (bicyclic) bond motifs is 3. The molecule has 3 amide bonds. The van der Waals surface area contributed by atoms with Crippen molar-refractivity contribution in [3.8, 4) is 11.1 Å². The third-order valence-electron chi connectivity index (χ3n) is 6.60. The maximum absolute atomic E-state index is 13.0. The van der Waals surface area contributed by atoms with Crippen molar-refractivity contribution in [2.24, 2.45) is 0 Å². The Morgan fingerprint density at radius 2 is 1.61 bits per heavy atom. The van der Waals surface area contributed by atoms with Crippen molar-refractivity contribution in [1.29, 1.82) is 0 Å². The Kier molecular flexibility index (Phi) is 9.11. The maximum Gasteiger partial charge on any atom is 0.408 e. The van der Waals surface area contributed by atoms with E-state index in [1.165, 1.54) is 6.20 Å². The molecule has 0 saturated heterocycles. The van der Waals surface area contributed by atoms with Gasteiger partial charge in [0.1, 0.15) is 23.9 Å². The van der Waals surface area contributed by atoms with Crippen LogP contribution in [0.1, 0.15) is 56.2 Å². The fourth-order valence-corrected chi connectivity index (χ4v) is 4.77. The van der Waals surface area contributed by atoms with Crippen molar-refractivity contribution in [3.63, 3.8) is 0 Å². The summed E-state index contributed by atoms with van der Waals surface area (Å²) in [6.45, 7) is 7.32. The van der Waals surface area contributed by atoms with Gasteiger partial charge in [-0.1, -0.05) is 48.5 Å². The van der Waals surface area contributed by atoms with Crippen LogP contribution in [0, 0.1) is 6.92 Å². The number of pyridine rings is 1. The molecule has 1 aromatic heterocycles. The zero-order valence-corrected chi connectivity index (χ0v) is 23.7. The SMILES string of the molecule is Cc1c[nH]c(=O)c(NC(=O)[C@H](CCCNC(=O)OCC2c3ccccc3-c3ccccc32)NC(=O)OC(C)(C)C)c1. The quantitative estimate of drug-likeness (QED) is 0.277. The average molecular weight is 561 g/mol. The molecule has 1 aliphatic carbocycles. The van der Waals surface area contributed by atoms with E-state index >= 15 is 0 Å². The Hall–Kier alpha value is -4.60. The second kappa shape index (κ2) is 12.7. The molecular formula is C31H36N4O6. The van der Waals surface area contributed by atoms with E-state index < -0.39 is 35.3 Å². The molecule has 10 nitrogen and oxygen atoms in total. The van der Waals surface area contributed by atoms with E-state index in [-0.39, 0.29) is 31.2 Å². The van der Waals surface area contributed by atoms with Gasteiger partial charge in [0.05, 0.1) is 0 Å². The van der Waals surface area contributed by atoms with Gasteiger partial charge in [0.25, 0.3) is 5.56 Å². The lowest BCUT2D eigenvalue weighted by molar-refractivity contribution is -0.118. The highest BCUT2D eigenvalue weighted by molar-refractivity contribution is 5.96. The first-order valence-corrected chi connectivity index (χ1v) is 13.6. The van der Waals surface area contributed by atoms with Gasteiger partial charge >= 0.3 is 12.2 Å². The second-order valence-corrected chi connectivity index (χ2v) is 11.0. The Morgan fingerprint density at radius 1 is 0.976 bits per heavy atom. The van der Waals surface area contributed by atoms with E-state index in [0.29, 0.717) is 6.42 Å². The summed E-state index contributed by atoms with van der Waals surface area (Å²) < 4.78 is 10.9. The van der Waals surface area contributed by atoms with Crippen LogP contribution in [0.2, 0.25) is 0 Å². The topological polar surface area (TPSA) is 139 Å². The molecule has 1 heterocycles. The largest absolute Gasteiger partial charge is 0.449 e. The van der Waals surface area contributed by atoms with Crippen molar-refractivity contribution >= 4 is 23.8 Å². The number of carbonyl (C=O) groups is 3. The molecule has 1 atom stereocenters. The molecule has 2 aromatic carbocycles. The number of aryl methyl sites for hydroxylation is 1. The van der Waals surface area contributed by atoms with Crippen LogP contribution in [-0.4, -0.2) is 47.9 Å². The van der Waals surface area contributed by atoms with Crippen LogP contribution in [0.4, 0.5) is 15.3 Å². The molecule has 0 fully saturated rings. The summed E-state index contributed by atoms with van der Waals surface area (Å²) in [5.41, 5.74) is 4.14. The van der Waals surface area contributed by atoms with Crippen LogP contribution in [0.3, 0.4) is 0 Å². The van der Waals surface area contributed by atoms with E-state index in [4.69, 9.17) is 9.47 Å². The minimum absolute atomic E-state index is 0.0518. The summed E-state index contributed by atoms with van der Waals surface area (Å²) >= 11 is 0. The van der Waals surface area contributed by atoms with E-state index in [9.17, 15) is 19.2 Å². The lowest BCUT2D eigenvalue weighted by Gasteiger charge is -2.23. The van der Waals surface area contributed by atoms with Crippen molar-refractivity contribution in [2.45, 2.75) is 58.1 Å². The van der Waals surface area contributed by atoms with Gasteiger partial charge < -0.3 is 30.4 Å². The van der Waals surface area contributed by atoms with Gasteiger partial charge in [0.2, 0.25) is 5.91 Å². The van der Waals surface area contributed by atoms with Gasteiger partial charge in [-0.2, -0.15) is 0 Å². The molecule has 216 valence electrons. The van der Waals surface area contributed by atoms with E-state index in [1.54, 1.807) is 33.8 Å². The number of amides is 3. The molecule has 0 bridgehead atoms. The molecule has 10 heteroatoms. The van der Waals surface area contributed by atoms with Crippen molar-refractivity contribution < 1.29 is 23.9 Å². The average Bonchev–Trinajstić information content (AvgIpc) is 3.24. The first-order valence-electron chi connectivity index (χ1n) is 13.6. The smallest absolute Gasteiger partial charge is 0.408 e. The van der Waals surface area contributed by atoms with Crippen LogP contribution in [0.5, 0.6) is 0 Å². The summed E-state index contributed by atoms with van der Waals surface area (Å²) in [4.78, 5) is 52.6. The molecule has 0 unspecified atom stereocenters. The van der Waals surface area contributed by atoms with E-state index in [0.717, 1.165) is 27.8 Å². The lowest BCUT2D eigenvalue weighted by Crippen LogP contribution is -2.46. The number of aromatic amines is 1. The van der Waals surface area contributed by atoms with Gasteiger partial charge in [-0.25, -0.2) is 9.59 Å². The zero-order valence-electron chi connectivity index (χ0n) is 23.7. The summed E-state index contributed by atoms with van der Waals surface area (Å²) in [5, 5.41) is 7.85. The van der Waals surface area contributed by atoms with Crippen LogP contribution < -0.4 is 21.5 Å². The van der Waals surface area contributed by atoms with Gasteiger partial charge in [0.15, 0.2) is 0 Å². The number of anilines is 1. The third kappa shape index (κ3) is 7.75. The highest BCUT2D eigenvalue weighted by Gasteiger charge is 2.29. The Balaban J connectivity index is 1.31. The predicted octanol–water partition coefficient (Wildman–Crippen LogP) is 4.83. The molecule has 0 spiro atoms. The first kappa shape index (κ1) is 29.4. The minimum atomic E-state index is -1.01. The Labute approximate surface area is 238 Å². The molecule has 0 radical (unpaired) electrons. The summed E-state index contributed by atoms with van der Waals surface area (Å²) in [6.07, 6.45) is 0.726. The molecule has 4 N–H and O–H groups in total. The molecule has 4 rings (SSSR count). The van der Waals surface area contributed by atoms with Crippen molar-refractivity contribution in [2.75, 3.05) is 18.5 Å². The number of hydrogen-bond donors (Lipinski definition) is 4. The van der Waals surface area contributed by atoms with E-state index in [1.807, 2.05) is 24.3 Å². The number of nitrogens with one attached hydrogen (secondary N) is 4. The number of rotatable bonds is 9. The van der Waals surface area contributed by atoms with E-state index in [2.05, 4.69) is 45.2 Å². The number of benzene rings is 2. The lowest BCUT2D eigenvalue weighted by atomic mass is 9.98. The van der Waals surface area contributed by atoms with Crippen LogP contribution >= 0.6 is 0 Å². The number of carbonyl (C=O) groups excluding carboxylic acids is 3. The Bertz CT molecular complexity index is 1430. The zero-order chi connectivity index (χ0) is 29.6. The van der Waals surface area contributed by atoms with Gasteiger partial charge in [-0.3, -0.25) is 9.59 Å². The number of alkyl carbamates (subject to hydrolysis) is 2. The molecular weight excluding hydrogens is 524 g/mol. The third-order valence-corrected chi connectivity index (χ3v) is 6.60. The molecule has 0 saturated carbocycles. The second-order valence-electron chi connectivity index (χ2n) is 11.0. The predicted molar refractivity (Wildman–Crippen MR) is 156 cm³/mol. The van der Waals surface area contributed by atoms with Gasteiger partial charge in [-0.05, 0) is 74.4 Å². The highest BCUT2D eigenvalue weighted by atomic mass is 16.6. The number of aromatic nitrogens is 1. The van der Waals surface area contributed by atoms with Gasteiger partial charge in [-0.15, -0.1) is 0 Å². The molecule has 41 heavy (non-hydrogen) atoms. The first-order chi connectivity index (χ1) is 19.5. The number of H-pyrrole nitrogens is 1. The Morgan fingerprint density at radius 3 is 2.24 bits per heavy atom. The summed E-state index contributed by atoms with van der Waals surface area (Å²) in [6, 6.07) is 16.7. The minimum Gasteiger partial charge on any atom is -0.449 e. The molecule has 1 aliphatic rings. The highest BCUT2D eigenvalue weighted by Crippen LogP contribution is 2.44. The molecule has 3 aromatic rings. The van der Waals surface area contributed by atoms with Crippen LogP contribution in [-0.2, 0) is 14.3 Å². The number of ether oxygens (including phenoxy) is 2. The fourth-order valence-electron chi connectivity index (χ4n) is 4.77. The number of hydrogen-bond acceptors (Lipinski definition) is 6. The molecule has 0 aliphatic heterocycles. The van der Waals surface area contributed by atoms with Gasteiger partial charge in [0, 0.05) is 18.7 Å². The normalized spacial score (nSPS) is 13.0. The fraction of sp³-hybridized carbons (Fsp3) is 0.355.